The summed E-state index contributed by atoms with van der Waals surface area (Å²) in [7, 11) is 0. The standard InChI is InChI=1S/C20H24N2O/c23-21-19-11-13-20(14-12-19)22(15-17-7-3-1-4-8-17)16-18-9-5-2-6-10-18/h1-10,20,23H,11-16H2. The first-order valence-corrected chi connectivity index (χ1v) is 8.37. The molecule has 1 N–H and O–H groups in total. The third-order valence-electron chi connectivity index (χ3n) is 4.65. The van der Waals surface area contributed by atoms with E-state index >= 15 is 0 Å². The lowest BCUT2D eigenvalue weighted by Crippen LogP contribution is -2.37. The van der Waals surface area contributed by atoms with Crippen LogP contribution in [0, 0.1) is 0 Å². The van der Waals surface area contributed by atoms with Crippen molar-refractivity contribution >= 4 is 5.71 Å². The molecule has 0 atom stereocenters. The second kappa shape index (κ2) is 7.93. The molecule has 0 unspecified atom stereocenters. The van der Waals surface area contributed by atoms with E-state index in [0.717, 1.165) is 44.5 Å². The average Bonchev–Trinajstić information content (AvgIpc) is 2.63. The van der Waals surface area contributed by atoms with Crippen LogP contribution in [-0.4, -0.2) is 21.9 Å². The molecule has 0 bridgehead atoms. The van der Waals surface area contributed by atoms with Gasteiger partial charge in [-0.2, -0.15) is 0 Å². The second-order valence-electron chi connectivity index (χ2n) is 6.27. The predicted molar refractivity (Wildman–Crippen MR) is 93.6 cm³/mol. The van der Waals surface area contributed by atoms with E-state index in [1.54, 1.807) is 0 Å². The first-order valence-electron chi connectivity index (χ1n) is 8.37. The predicted octanol–water partition coefficient (Wildman–Crippen LogP) is 4.46. The fourth-order valence-electron chi connectivity index (χ4n) is 3.35. The number of oxime groups is 1. The van der Waals surface area contributed by atoms with Crippen LogP contribution in [0.15, 0.2) is 65.8 Å². The SMILES string of the molecule is ON=C1CCC(N(Cc2ccccc2)Cc2ccccc2)CC1. The molecule has 1 aliphatic carbocycles. The zero-order chi connectivity index (χ0) is 15.9. The van der Waals surface area contributed by atoms with Gasteiger partial charge in [0.2, 0.25) is 0 Å². The number of hydrogen-bond acceptors (Lipinski definition) is 3. The van der Waals surface area contributed by atoms with Crippen LogP contribution in [0.4, 0.5) is 0 Å². The molecule has 0 radical (unpaired) electrons. The molecule has 0 aliphatic heterocycles. The van der Waals surface area contributed by atoms with Gasteiger partial charge in [0.15, 0.2) is 0 Å². The summed E-state index contributed by atoms with van der Waals surface area (Å²) in [6.07, 6.45) is 3.95. The molecule has 2 aromatic carbocycles. The topological polar surface area (TPSA) is 35.8 Å². The van der Waals surface area contributed by atoms with E-state index in [1.807, 2.05) is 0 Å². The monoisotopic (exact) mass is 308 g/mol. The summed E-state index contributed by atoms with van der Waals surface area (Å²) in [5, 5.41) is 12.4. The van der Waals surface area contributed by atoms with Gasteiger partial charge in [0.1, 0.15) is 0 Å². The van der Waals surface area contributed by atoms with E-state index in [9.17, 15) is 0 Å². The molecule has 1 fully saturated rings. The quantitative estimate of drug-likeness (QED) is 0.654. The Labute approximate surface area is 138 Å². The summed E-state index contributed by atoms with van der Waals surface area (Å²) < 4.78 is 0. The lowest BCUT2D eigenvalue weighted by Gasteiger charge is -2.34. The van der Waals surface area contributed by atoms with Gasteiger partial charge in [-0.05, 0) is 36.8 Å². The average molecular weight is 308 g/mol. The van der Waals surface area contributed by atoms with Crippen molar-refractivity contribution in [3.63, 3.8) is 0 Å². The molecule has 3 nitrogen and oxygen atoms in total. The molecule has 23 heavy (non-hydrogen) atoms. The summed E-state index contributed by atoms with van der Waals surface area (Å²) in [5.74, 6) is 0. The second-order valence-corrected chi connectivity index (χ2v) is 6.27. The van der Waals surface area contributed by atoms with Gasteiger partial charge >= 0.3 is 0 Å². The van der Waals surface area contributed by atoms with Crippen molar-refractivity contribution in [3.8, 4) is 0 Å². The highest BCUT2D eigenvalue weighted by Gasteiger charge is 2.24. The smallest absolute Gasteiger partial charge is 0.0572 e. The third kappa shape index (κ3) is 4.42. The summed E-state index contributed by atoms with van der Waals surface area (Å²) >= 11 is 0. The van der Waals surface area contributed by atoms with Crippen molar-refractivity contribution in [2.75, 3.05) is 0 Å². The molecule has 1 saturated carbocycles. The van der Waals surface area contributed by atoms with Crippen LogP contribution in [0.5, 0.6) is 0 Å². The fourth-order valence-corrected chi connectivity index (χ4v) is 3.35. The van der Waals surface area contributed by atoms with Crippen LogP contribution < -0.4 is 0 Å². The van der Waals surface area contributed by atoms with E-state index in [4.69, 9.17) is 5.21 Å². The molecule has 0 amide bonds. The molecule has 0 heterocycles. The van der Waals surface area contributed by atoms with Crippen LogP contribution in [0.25, 0.3) is 0 Å². The van der Waals surface area contributed by atoms with E-state index in [-0.39, 0.29) is 0 Å². The molecular formula is C20H24N2O. The normalized spacial score (nSPS) is 18.1. The van der Waals surface area contributed by atoms with Gasteiger partial charge in [0.25, 0.3) is 0 Å². The van der Waals surface area contributed by atoms with Crippen LogP contribution in [0.2, 0.25) is 0 Å². The van der Waals surface area contributed by atoms with Crippen LogP contribution in [-0.2, 0) is 13.1 Å². The van der Waals surface area contributed by atoms with Crippen LogP contribution >= 0.6 is 0 Å². The highest BCUT2D eigenvalue weighted by atomic mass is 16.4. The van der Waals surface area contributed by atoms with Gasteiger partial charge in [0, 0.05) is 19.1 Å². The minimum Gasteiger partial charge on any atom is -0.411 e. The number of hydrogen-bond donors (Lipinski definition) is 1. The van der Waals surface area contributed by atoms with Crippen molar-refractivity contribution in [3.05, 3.63) is 71.8 Å². The highest BCUT2D eigenvalue weighted by Crippen LogP contribution is 2.24. The van der Waals surface area contributed by atoms with Crippen LogP contribution in [0.1, 0.15) is 36.8 Å². The fraction of sp³-hybridized carbons (Fsp3) is 0.350. The van der Waals surface area contributed by atoms with Crippen molar-refractivity contribution in [2.45, 2.75) is 44.8 Å². The van der Waals surface area contributed by atoms with Gasteiger partial charge < -0.3 is 5.21 Å². The van der Waals surface area contributed by atoms with Gasteiger partial charge in [-0.25, -0.2) is 0 Å². The Hall–Kier alpha value is -2.13. The Morgan fingerprint density at radius 3 is 1.74 bits per heavy atom. The summed E-state index contributed by atoms with van der Waals surface area (Å²) in [6, 6.07) is 21.9. The van der Waals surface area contributed by atoms with E-state index in [1.165, 1.54) is 11.1 Å². The molecule has 120 valence electrons. The minimum atomic E-state index is 0.543. The van der Waals surface area contributed by atoms with Crippen molar-refractivity contribution in [1.82, 2.24) is 4.90 Å². The van der Waals surface area contributed by atoms with E-state index < -0.39 is 0 Å². The Bertz CT molecular complexity index is 573. The minimum absolute atomic E-state index is 0.543. The summed E-state index contributed by atoms with van der Waals surface area (Å²) in [5.41, 5.74) is 3.65. The van der Waals surface area contributed by atoms with Crippen molar-refractivity contribution in [1.29, 1.82) is 0 Å². The largest absolute Gasteiger partial charge is 0.411 e. The summed E-state index contributed by atoms with van der Waals surface area (Å²) in [4.78, 5) is 2.57. The third-order valence-corrected chi connectivity index (χ3v) is 4.65. The van der Waals surface area contributed by atoms with Gasteiger partial charge in [0.05, 0.1) is 5.71 Å². The Morgan fingerprint density at radius 2 is 1.30 bits per heavy atom. The lowest BCUT2D eigenvalue weighted by molar-refractivity contribution is 0.156. The maximum Gasteiger partial charge on any atom is 0.0572 e. The molecular weight excluding hydrogens is 284 g/mol. The zero-order valence-corrected chi connectivity index (χ0v) is 13.4. The molecule has 0 aromatic heterocycles. The van der Waals surface area contributed by atoms with Crippen LogP contribution in [0.3, 0.4) is 0 Å². The maximum atomic E-state index is 8.96. The van der Waals surface area contributed by atoms with Gasteiger partial charge in [-0.3, -0.25) is 4.90 Å². The number of rotatable bonds is 5. The Morgan fingerprint density at radius 1 is 0.826 bits per heavy atom. The van der Waals surface area contributed by atoms with Gasteiger partial charge in [-0.1, -0.05) is 65.8 Å². The highest BCUT2D eigenvalue weighted by molar-refractivity contribution is 5.84. The molecule has 3 heteroatoms. The number of benzene rings is 2. The summed E-state index contributed by atoms with van der Waals surface area (Å²) in [6.45, 7) is 1.93. The Balaban J connectivity index is 1.73. The van der Waals surface area contributed by atoms with Crippen molar-refractivity contribution in [2.24, 2.45) is 5.16 Å². The number of nitrogens with zero attached hydrogens (tertiary/aromatic N) is 2. The van der Waals surface area contributed by atoms with Crippen molar-refractivity contribution < 1.29 is 5.21 Å². The lowest BCUT2D eigenvalue weighted by atomic mass is 9.92. The molecule has 0 spiro atoms. The molecule has 2 aromatic rings. The zero-order valence-electron chi connectivity index (χ0n) is 13.4. The van der Waals surface area contributed by atoms with Gasteiger partial charge in [-0.15, -0.1) is 0 Å². The Kier molecular flexibility index (Phi) is 5.43. The molecule has 1 aliphatic rings. The first kappa shape index (κ1) is 15.8. The van der Waals surface area contributed by atoms with E-state index in [0.29, 0.717) is 6.04 Å². The molecule has 3 rings (SSSR count). The maximum absolute atomic E-state index is 8.96. The van der Waals surface area contributed by atoms with E-state index in [2.05, 4.69) is 70.7 Å². The first-order chi connectivity index (χ1) is 11.3. The molecule has 0 saturated heterocycles.